The van der Waals surface area contributed by atoms with E-state index in [4.69, 9.17) is 0 Å². The van der Waals surface area contributed by atoms with Crippen molar-refractivity contribution in [2.24, 2.45) is 0 Å². The molecule has 0 aliphatic carbocycles. The molecule has 0 aliphatic rings. The van der Waals surface area contributed by atoms with Crippen molar-refractivity contribution < 1.29 is 0 Å². The summed E-state index contributed by atoms with van der Waals surface area (Å²) in [5, 5.41) is 1.88. The lowest BCUT2D eigenvalue weighted by molar-refractivity contribution is 0.590. The molecule has 0 saturated carbocycles. The van der Waals surface area contributed by atoms with Gasteiger partial charge in [-0.25, -0.2) is 4.98 Å². The van der Waals surface area contributed by atoms with E-state index in [1.807, 2.05) is 5.38 Å². The van der Waals surface area contributed by atoms with Crippen LogP contribution < -0.4 is 5.56 Å². The van der Waals surface area contributed by atoms with E-state index in [1.54, 1.807) is 28.4 Å². The van der Waals surface area contributed by atoms with E-state index in [0.717, 1.165) is 10.7 Å². The van der Waals surface area contributed by atoms with Gasteiger partial charge >= 0.3 is 0 Å². The first-order valence-corrected chi connectivity index (χ1v) is 8.99. The van der Waals surface area contributed by atoms with Gasteiger partial charge in [0.05, 0.1) is 5.69 Å². The molecule has 0 spiro atoms. The molecule has 22 heavy (non-hydrogen) atoms. The minimum Gasteiger partial charge on any atom is -0.269 e. The number of nitrogens with zero attached hydrogens (tertiary/aromatic N) is 2. The Hall–Kier alpha value is -1.59. The number of thioether (sulfide) groups is 1. The lowest BCUT2D eigenvalue weighted by Crippen LogP contribution is -2.12. The summed E-state index contributed by atoms with van der Waals surface area (Å²) >= 11 is 3.19. The van der Waals surface area contributed by atoms with Crippen molar-refractivity contribution >= 4 is 28.1 Å². The van der Waals surface area contributed by atoms with Crippen LogP contribution in [-0.2, 0) is 11.2 Å². The summed E-state index contributed by atoms with van der Waals surface area (Å²) in [6.45, 7) is 6.63. The molecule has 0 fully saturated rings. The third-order valence-electron chi connectivity index (χ3n) is 3.46. The highest BCUT2D eigenvalue weighted by Crippen LogP contribution is 2.27. The first kappa shape index (κ1) is 15.3. The Bertz CT molecular complexity index is 841. The van der Waals surface area contributed by atoms with Gasteiger partial charge < -0.3 is 0 Å². The van der Waals surface area contributed by atoms with Crippen LogP contribution in [0.4, 0.5) is 0 Å². The number of benzene rings is 1. The van der Waals surface area contributed by atoms with Crippen LogP contribution in [0.2, 0.25) is 0 Å². The Labute approximate surface area is 138 Å². The van der Waals surface area contributed by atoms with Gasteiger partial charge in [0, 0.05) is 28.3 Å². The number of rotatable bonds is 3. The fourth-order valence-electron chi connectivity index (χ4n) is 2.17. The van der Waals surface area contributed by atoms with Gasteiger partial charge in [-0.1, -0.05) is 32.9 Å². The van der Waals surface area contributed by atoms with Gasteiger partial charge in [0.1, 0.15) is 0 Å². The zero-order valence-electron chi connectivity index (χ0n) is 12.9. The minimum atomic E-state index is -0.00932. The van der Waals surface area contributed by atoms with E-state index >= 15 is 0 Å². The highest BCUT2D eigenvalue weighted by molar-refractivity contribution is 7.98. The van der Waals surface area contributed by atoms with Crippen molar-refractivity contribution in [3.63, 3.8) is 0 Å². The van der Waals surface area contributed by atoms with Gasteiger partial charge in [-0.05, 0) is 23.1 Å². The van der Waals surface area contributed by atoms with Crippen LogP contribution in [0.5, 0.6) is 0 Å². The number of thiazole rings is 1. The van der Waals surface area contributed by atoms with Crippen LogP contribution in [-0.4, -0.2) is 9.38 Å². The second kappa shape index (κ2) is 5.89. The molecule has 0 unspecified atom stereocenters. The summed E-state index contributed by atoms with van der Waals surface area (Å²) in [6, 6.07) is 10.3. The Morgan fingerprint density at radius 3 is 2.64 bits per heavy atom. The fraction of sp³-hybridized carbons (Fsp3) is 0.294. The van der Waals surface area contributed by atoms with E-state index in [2.05, 4.69) is 50.0 Å². The molecular formula is C17H18N2OS2. The van der Waals surface area contributed by atoms with Gasteiger partial charge in [-0.2, -0.15) is 0 Å². The summed E-state index contributed by atoms with van der Waals surface area (Å²) in [5.41, 5.74) is 2.32. The monoisotopic (exact) mass is 330 g/mol. The minimum absolute atomic E-state index is 0.00932. The van der Waals surface area contributed by atoms with Crippen LogP contribution in [0, 0.1) is 0 Å². The molecule has 5 heteroatoms. The molecule has 2 aromatic heterocycles. The number of hydrogen-bond acceptors (Lipinski definition) is 4. The number of fused-ring (bicyclic) bond motifs is 1. The van der Waals surface area contributed by atoms with Crippen molar-refractivity contribution in [2.75, 3.05) is 0 Å². The molecule has 0 amide bonds. The molecule has 3 aromatic rings. The van der Waals surface area contributed by atoms with Crippen molar-refractivity contribution in [1.29, 1.82) is 0 Å². The van der Waals surface area contributed by atoms with Crippen LogP contribution in [0.1, 0.15) is 32.0 Å². The smallest absolute Gasteiger partial charge is 0.258 e. The Balaban J connectivity index is 1.75. The largest absolute Gasteiger partial charge is 0.269 e. The van der Waals surface area contributed by atoms with E-state index in [1.165, 1.54) is 21.8 Å². The third-order valence-corrected chi connectivity index (χ3v) is 5.27. The summed E-state index contributed by atoms with van der Waals surface area (Å²) in [5.74, 6) is 0.707. The van der Waals surface area contributed by atoms with Crippen molar-refractivity contribution in [2.45, 2.75) is 36.8 Å². The zero-order valence-corrected chi connectivity index (χ0v) is 14.5. The average molecular weight is 330 g/mol. The van der Waals surface area contributed by atoms with Gasteiger partial charge in [-0.15, -0.1) is 23.1 Å². The first-order chi connectivity index (χ1) is 10.4. The Morgan fingerprint density at radius 1 is 1.23 bits per heavy atom. The van der Waals surface area contributed by atoms with Crippen LogP contribution in [0.15, 0.2) is 51.6 Å². The summed E-state index contributed by atoms with van der Waals surface area (Å²) in [4.78, 5) is 18.4. The summed E-state index contributed by atoms with van der Waals surface area (Å²) in [7, 11) is 0. The molecule has 0 aliphatic heterocycles. The summed E-state index contributed by atoms with van der Waals surface area (Å²) < 4.78 is 1.58. The van der Waals surface area contributed by atoms with Crippen LogP contribution in [0.3, 0.4) is 0 Å². The normalized spacial score (nSPS) is 12.0. The molecule has 114 valence electrons. The maximum absolute atomic E-state index is 11.9. The number of aromatic nitrogens is 2. The predicted octanol–water partition coefficient (Wildman–Crippen LogP) is 4.35. The standard InChI is InChI=1S/C17H18N2OS2/c1-17(2,3)12-4-6-14(7-5-12)22-11-13-10-15(20)19-8-9-21-16(19)18-13/h4-10H,11H2,1-3H3. The molecule has 1 aromatic carbocycles. The topological polar surface area (TPSA) is 34.4 Å². The molecule has 3 rings (SSSR count). The van der Waals surface area contributed by atoms with Crippen molar-refractivity contribution in [1.82, 2.24) is 9.38 Å². The third kappa shape index (κ3) is 3.25. The lowest BCUT2D eigenvalue weighted by atomic mass is 9.87. The van der Waals surface area contributed by atoms with Gasteiger partial charge in [-0.3, -0.25) is 9.20 Å². The maximum atomic E-state index is 11.9. The van der Waals surface area contributed by atoms with E-state index in [-0.39, 0.29) is 11.0 Å². The highest BCUT2D eigenvalue weighted by atomic mass is 32.2. The van der Waals surface area contributed by atoms with E-state index in [0.29, 0.717) is 5.75 Å². The van der Waals surface area contributed by atoms with Crippen LogP contribution in [0.25, 0.3) is 4.96 Å². The average Bonchev–Trinajstić information content (AvgIpc) is 2.93. The molecule has 0 saturated heterocycles. The maximum Gasteiger partial charge on any atom is 0.258 e. The van der Waals surface area contributed by atoms with Gasteiger partial charge in [0.15, 0.2) is 4.96 Å². The van der Waals surface area contributed by atoms with Gasteiger partial charge in [0.2, 0.25) is 0 Å². The van der Waals surface area contributed by atoms with E-state index in [9.17, 15) is 4.79 Å². The molecule has 3 nitrogen and oxygen atoms in total. The second-order valence-corrected chi connectivity index (χ2v) is 8.13. The Morgan fingerprint density at radius 2 is 1.95 bits per heavy atom. The molecule has 0 radical (unpaired) electrons. The second-order valence-electron chi connectivity index (χ2n) is 6.20. The van der Waals surface area contributed by atoms with Crippen molar-refractivity contribution in [3.05, 3.63) is 63.5 Å². The highest BCUT2D eigenvalue weighted by Gasteiger charge is 2.13. The summed E-state index contributed by atoms with van der Waals surface area (Å²) in [6.07, 6.45) is 1.76. The van der Waals surface area contributed by atoms with Gasteiger partial charge in [0.25, 0.3) is 5.56 Å². The zero-order chi connectivity index (χ0) is 15.7. The number of hydrogen-bond donors (Lipinski definition) is 0. The van der Waals surface area contributed by atoms with Crippen LogP contribution >= 0.6 is 23.1 Å². The molecule has 2 heterocycles. The molecular weight excluding hydrogens is 312 g/mol. The molecule has 0 bridgehead atoms. The predicted molar refractivity (Wildman–Crippen MR) is 94.0 cm³/mol. The molecule has 0 atom stereocenters. The molecule has 0 N–H and O–H groups in total. The first-order valence-electron chi connectivity index (χ1n) is 7.12. The van der Waals surface area contributed by atoms with Crippen molar-refractivity contribution in [3.8, 4) is 0 Å². The van der Waals surface area contributed by atoms with E-state index < -0.39 is 0 Å². The SMILES string of the molecule is CC(C)(C)c1ccc(SCc2cc(=O)n3ccsc3n2)cc1. The quantitative estimate of drug-likeness (QED) is 0.670. The Kier molecular flexibility index (Phi) is 4.10. The fourth-order valence-corrected chi connectivity index (χ4v) is 3.70. The lowest BCUT2D eigenvalue weighted by Gasteiger charge is -2.19.